The van der Waals surface area contributed by atoms with Crippen molar-refractivity contribution >= 4 is 17.6 Å². The van der Waals surface area contributed by atoms with Crippen LogP contribution < -0.4 is 11.5 Å². The van der Waals surface area contributed by atoms with Crippen LogP contribution in [0.1, 0.15) is 15.9 Å². The predicted octanol–water partition coefficient (Wildman–Crippen LogP) is 1.14. The molecule has 5 N–H and O–H groups in total. The number of hydrogen-bond acceptors (Lipinski definition) is 5. The maximum absolute atomic E-state index is 11.4. The van der Waals surface area contributed by atoms with Crippen molar-refractivity contribution in [3.05, 3.63) is 47.7 Å². The fourth-order valence-electron chi connectivity index (χ4n) is 2.20. The average molecular weight is 283 g/mol. The highest BCUT2D eigenvalue weighted by molar-refractivity contribution is 5.96. The molecule has 2 heterocycles. The van der Waals surface area contributed by atoms with Crippen LogP contribution in [0, 0.1) is 0 Å². The molecule has 2 aromatic heterocycles. The summed E-state index contributed by atoms with van der Waals surface area (Å²) in [6.07, 6.45) is 1.70. The Morgan fingerprint density at radius 1 is 1.29 bits per heavy atom. The Bertz CT molecular complexity index is 840. The Kier molecular flexibility index (Phi) is 3.03. The first-order valence-corrected chi connectivity index (χ1v) is 6.27. The van der Waals surface area contributed by atoms with Gasteiger partial charge in [-0.15, -0.1) is 5.10 Å². The molecule has 0 aliphatic rings. The van der Waals surface area contributed by atoms with Crippen molar-refractivity contribution in [3.63, 3.8) is 0 Å². The molecule has 0 saturated carbocycles. The molecule has 0 fully saturated rings. The summed E-state index contributed by atoms with van der Waals surface area (Å²) in [4.78, 5) is 15.3. The summed E-state index contributed by atoms with van der Waals surface area (Å²) in [5.74, 6) is -1.05. The Morgan fingerprint density at radius 3 is 2.81 bits per heavy atom. The molecule has 0 aliphatic carbocycles. The molecule has 0 amide bonds. The van der Waals surface area contributed by atoms with Gasteiger partial charge in [-0.05, 0) is 23.3 Å². The zero-order valence-corrected chi connectivity index (χ0v) is 11.0. The van der Waals surface area contributed by atoms with Crippen molar-refractivity contribution in [2.45, 2.75) is 6.54 Å². The lowest BCUT2D eigenvalue weighted by Gasteiger charge is -2.06. The third-order valence-corrected chi connectivity index (χ3v) is 3.18. The Labute approximate surface area is 119 Å². The quantitative estimate of drug-likeness (QED) is 0.663. The first-order valence-electron chi connectivity index (χ1n) is 6.27. The van der Waals surface area contributed by atoms with Gasteiger partial charge in [-0.25, -0.2) is 9.31 Å². The van der Waals surface area contributed by atoms with Gasteiger partial charge in [0.15, 0.2) is 5.65 Å². The summed E-state index contributed by atoms with van der Waals surface area (Å²) in [5, 5.41) is 13.3. The lowest BCUT2D eigenvalue weighted by molar-refractivity contribution is 0.0698. The number of carboxylic acids is 1. The molecule has 7 nitrogen and oxygen atoms in total. The molecule has 0 saturated heterocycles. The smallest absolute Gasteiger partial charge is 0.339 e. The number of carbonyl (C=O) groups is 1. The van der Waals surface area contributed by atoms with E-state index in [0.717, 1.165) is 11.1 Å². The Hall–Kier alpha value is -2.93. The lowest BCUT2D eigenvalue weighted by atomic mass is 10.0. The van der Waals surface area contributed by atoms with Gasteiger partial charge >= 0.3 is 5.97 Å². The number of aromatic carboxylic acids is 1. The van der Waals surface area contributed by atoms with Gasteiger partial charge < -0.3 is 16.6 Å². The lowest BCUT2D eigenvalue weighted by Crippen LogP contribution is -2.03. The van der Waals surface area contributed by atoms with Crippen molar-refractivity contribution in [1.29, 1.82) is 0 Å². The normalized spacial score (nSPS) is 10.9. The number of rotatable bonds is 3. The highest BCUT2D eigenvalue weighted by Gasteiger charge is 2.15. The molecule has 3 aromatic rings. The van der Waals surface area contributed by atoms with Crippen LogP contribution in [-0.4, -0.2) is 25.7 Å². The van der Waals surface area contributed by atoms with E-state index in [9.17, 15) is 9.90 Å². The number of nitrogen functional groups attached to an aromatic ring is 1. The minimum Gasteiger partial charge on any atom is -0.478 e. The van der Waals surface area contributed by atoms with E-state index < -0.39 is 5.97 Å². The first kappa shape index (κ1) is 13.1. The highest BCUT2D eigenvalue weighted by atomic mass is 16.4. The van der Waals surface area contributed by atoms with Crippen LogP contribution in [-0.2, 0) is 6.54 Å². The van der Waals surface area contributed by atoms with Gasteiger partial charge in [0.05, 0.1) is 0 Å². The van der Waals surface area contributed by atoms with E-state index in [-0.39, 0.29) is 17.2 Å². The molecule has 3 rings (SSSR count). The molecule has 0 spiro atoms. The number of nitrogens with zero attached hydrogens (tertiary/aromatic N) is 3. The number of carboxylic acid groups (broad SMARTS) is 1. The SMILES string of the molecule is NCc1cccc(-c2cc(C(=O)O)c3nc(N)nn3c2)c1. The Morgan fingerprint density at radius 2 is 2.10 bits per heavy atom. The van der Waals surface area contributed by atoms with E-state index in [1.807, 2.05) is 24.3 Å². The highest BCUT2D eigenvalue weighted by Crippen LogP contribution is 2.24. The van der Waals surface area contributed by atoms with E-state index in [0.29, 0.717) is 12.1 Å². The number of pyridine rings is 1. The second-order valence-electron chi connectivity index (χ2n) is 4.59. The monoisotopic (exact) mass is 283 g/mol. The second-order valence-corrected chi connectivity index (χ2v) is 4.59. The largest absolute Gasteiger partial charge is 0.478 e. The van der Waals surface area contributed by atoms with Crippen LogP contribution in [0.4, 0.5) is 5.95 Å². The van der Waals surface area contributed by atoms with Crippen molar-refractivity contribution in [1.82, 2.24) is 14.6 Å². The van der Waals surface area contributed by atoms with Crippen molar-refractivity contribution in [2.75, 3.05) is 5.73 Å². The van der Waals surface area contributed by atoms with Crippen LogP contribution in [0.15, 0.2) is 36.5 Å². The molecule has 21 heavy (non-hydrogen) atoms. The summed E-state index contributed by atoms with van der Waals surface area (Å²) in [6.45, 7) is 0.415. The van der Waals surface area contributed by atoms with Crippen molar-refractivity contribution in [2.24, 2.45) is 5.73 Å². The van der Waals surface area contributed by atoms with E-state index in [4.69, 9.17) is 11.5 Å². The van der Waals surface area contributed by atoms with Crippen LogP contribution in [0.3, 0.4) is 0 Å². The predicted molar refractivity (Wildman–Crippen MR) is 77.7 cm³/mol. The molecule has 0 bridgehead atoms. The van der Waals surface area contributed by atoms with Gasteiger partial charge in [0, 0.05) is 18.3 Å². The summed E-state index contributed by atoms with van der Waals surface area (Å²) >= 11 is 0. The number of nitrogens with two attached hydrogens (primary N) is 2. The van der Waals surface area contributed by atoms with Gasteiger partial charge in [-0.1, -0.05) is 18.2 Å². The number of benzene rings is 1. The molecule has 0 radical (unpaired) electrons. The first-order chi connectivity index (χ1) is 10.1. The van der Waals surface area contributed by atoms with Crippen LogP contribution in [0.25, 0.3) is 16.8 Å². The average Bonchev–Trinajstić information content (AvgIpc) is 2.86. The zero-order chi connectivity index (χ0) is 15.0. The summed E-state index contributed by atoms with van der Waals surface area (Å²) in [5.41, 5.74) is 14.0. The molecule has 1 aromatic carbocycles. The van der Waals surface area contributed by atoms with E-state index in [1.54, 1.807) is 12.3 Å². The minimum atomic E-state index is -1.08. The number of fused-ring (bicyclic) bond motifs is 1. The van der Waals surface area contributed by atoms with Gasteiger partial charge in [0.1, 0.15) is 5.56 Å². The van der Waals surface area contributed by atoms with Crippen LogP contribution in [0.5, 0.6) is 0 Å². The zero-order valence-electron chi connectivity index (χ0n) is 11.0. The topological polar surface area (TPSA) is 120 Å². The molecule has 7 heteroatoms. The van der Waals surface area contributed by atoms with Crippen molar-refractivity contribution in [3.8, 4) is 11.1 Å². The fraction of sp³-hybridized carbons (Fsp3) is 0.0714. The summed E-state index contributed by atoms with van der Waals surface area (Å²) < 4.78 is 1.38. The molecule has 0 unspecified atom stereocenters. The van der Waals surface area contributed by atoms with Gasteiger partial charge in [0.2, 0.25) is 5.95 Å². The van der Waals surface area contributed by atoms with Crippen LogP contribution >= 0.6 is 0 Å². The number of aromatic nitrogens is 3. The standard InChI is InChI=1S/C14H13N5O2/c15-6-8-2-1-3-9(4-8)10-5-11(13(20)21)12-17-14(16)18-19(12)7-10/h1-5,7H,6,15H2,(H2,16,18)(H,20,21). The summed E-state index contributed by atoms with van der Waals surface area (Å²) in [7, 11) is 0. The number of anilines is 1. The third kappa shape index (κ3) is 2.30. The Balaban J connectivity index is 2.25. The van der Waals surface area contributed by atoms with Crippen molar-refractivity contribution < 1.29 is 9.90 Å². The molecule has 0 atom stereocenters. The molecule has 106 valence electrons. The maximum Gasteiger partial charge on any atom is 0.339 e. The van der Waals surface area contributed by atoms with E-state index >= 15 is 0 Å². The maximum atomic E-state index is 11.4. The van der Waals surface area contributed by atoms with Gasteiger partial charge in [-0.2, -0.15) is 4.98 Å². The van der Waals surface area contributed by atoms with Crippen LogP contribution in [0.2, 0.25) is 0 Å². The molecular weight excluding hydrogens is 270 g/mol. The second kappa shape index (κ2) is 4.88. The molecule has 0 aliphatic heterocycles. The van der Waals surface area contributed by atoms with E-state index in [1.165, 1.54) is 4.52 Å². The van der Waals surface area contributed by atoms with Gasteiger partial charge in [0.25, 0.3) is 0 Å². The van der Waals surface area contributed by atoms with E-state index in [2.05, 4.69) is 10.1 Å². The fourth-order valence-corrected chi connectivity index (χ4v) is 2.20. The third-order valence-electron chi connectivity index (χ3n) is 3.18. The summed E-state index contributed by atoms with van der Waals surface area (Å²) in [6, 6.07) is 9.13. The number of hydrogen-bond donors (Lipinski definition) is 3. The minimum absolute atomic E-state index is 0.0327. The molecular formula is C14H13N5O2. The van der Waals surface area contributed by atoms with Gasteiger partial charge in [-0.3, -0.25) is 0 Å².